The van der Waals surface area contributed by atoms with Crippen LogP contribution in [0.2, 0.25) is 0 Å². The lowest BCUT2D eigenvalue weighted by molar-refractivity contribution is -0.169. The number of rotatable bonds is 12. The summed E-state index contributed by atoms with van der Waals surface area (Å²) in [4.78, 5) is 27.2. The zero-order valence-electron chi connectivity index (χ0n) is 17.6. The molecule has 0 aromatic heterocycles. The number of amides is 1. The minimum Gasteiger partial charge on any atom is -0.459 e. The second-order valence-corrected chi connectivity index (χ2v) is 7.60. The quantitative estimate of drug-likeness (QED) is 0.328. The molecule has 0 aliphatic heterocycles. The van der Waals surface area contributed by atoms with Crippen LogP contribution in [0.25, 0.3) is 0 Å². The Morgan fingerprint density at radius 2 is 1.62 bits per heavy atom. The maximum Gasteiger partial charge on any atom is 0.351 e. The third-order valence-corrected chi connectivity index (χ3v) is 5.17. The van der Waals surface area contributed by atoms with Crippen molar-refractivity contribution in [2.75, 3.05) is 0 Å². The first-order valence-corrected chi connectivity index (χ1v) is 10.6. The number of carbonyl (C=O) groups is 2. The Morgan fingerprint density at radius 1 is 1.06 bits per heavy atom. The predicted octanol–water partition coefficient (Wildman–Crippen LogP) is 3.37. The van der Waals surface area contributed by atoms with Crippen LogP contribution in [-0.2, 0) is 27.4 Å². The van der Waals surface area contributed by atoms with Crippen molar-refractivity contribution in [2.24, 2.45) is 0 Å². The smallest absolute Gasteiger partial charge is 0.351 e. The lowest BCUT2D eigenvalue weighted by Gasteiger charge is -2.29. The van der Waals surface area contributed by atoms with E-state index in [4.69, 9.17) is 16.5 Å². The zero-order chi connectivity index (χ0) is 23.6. The average molecular weight is 469 g/mol. The van der Waals surface area contributed by atoms with Gasteiger partial charge in [0.1, 0.15) is 18.8 Å². The topological polar surface area (TPSA) is 87.7 Å². The summed E-state index contributed by atoms with van der Waals surface area (Å²) in [5, 5.41) is 12.1. The van der Waals surface area contributed by atoms with E-state index in [0.29, 0.717) is 17.5 Å². The molecule has 0 fully saturated rings. The molecular weight excluding hydrogens is 442 g/mol. The molecule has 0 saturated carbocycles. The lowest BCUT2D eigenvalue weighted by Crippen LogP contribution is -2.58. The average Bonchev–Trinajstić information content (AvgIpc) is 2.81. The molecule has 2 aromatic carbocycles. The van der Waals surface area contributed by atoms with Gasteiger partial charge in [-0.15, -0.1) is 0 Å². The van der Waals surface area contributed by atoms with E-state index in [0.717, 1.165) is 0 Å². The van der Waals surface area contributed by atoms with E-state index in [2.05, 4.69) is 4.84 Å². The SMILES string of the molecule is CCC[C@H](NCl)C(O)C(F)(F)C(=O)N[C@@H](Cc1ccccc1)C(=O)OCc1ccccc1. The van der Waals surface area contributed by atoms with Crippen molar-refractivity contribution < 1.29 is 28.2 Å². The van der Waals surface area contributed by atoms with Crippen LogP contribution in [0.5, 0.6) is 0 Å². The normalized spacial score (nSPS) is 14.3. The molecule has 2 rings (SSSR count). The highest BCUT2D eigenvalue weighted by Crippen LogP contribution is 2.24. The summed E-state index contributed by atoms with van der Waals surface area (Å²) in [5.41, 5.74) is 1.35. The molecular formula is C23H27ClF2N2O4. The van der Waals surface area contributed by atoms with E-state index in [1.807, 2.05) is 5.32 Å². The van der Waals surface area contributed by atoms with Gasteiger partial charge in [0.25, 0.3) is 5.91 Å². The van der Waals surface area contributed by atoms with Crippen LogP contribution in [0.4, 0.5) is 8.78 Å². The van der Waals surface area contributed by atoms with Crippen molar-refractivity contribution in [3.05, 3.63) is 71.8 Å². The standard InChI is InChI=1S/C23H27ClF2N2O4/c1-2-9-18(28-24)20(29)23(25,26)22(31)27-19(14-16-10-5-3-6-11-16)21(30)32-15-17-12-7-4-8-13-17/h3-8,10-13,18-20,28-29H,2,9,14-15H2,1H3,(H,27,31)/t18-,19-,20?/m0/s1. The number of benzene rings is 2. The van der Waals surface area contributed by atoms with Crippen LogP contribution in [0.3, 0.4) is 0 Å². The van der Waals surface area contributed by atoms with Gasteiger partial charge in [0.15, 0.2) is 0 Å². The fourth-order valence-electron chi connectivity index (χ4n) is 3.10. The summed E-state index contributed by atoms with van der Waals surface area (Å²) in [6.07, 6.45) is -1.85. The fraction of sp³-hybridized carbons (Fsp3) is 0.391. The molecule has 1 unspecified atom stereocenters. The Bertz CT molecular complexity index is 856. The summed E-state index contributed by atoms with van der Waals surface area (Å²) < 4.78 is 34.6. The highest BCUT2D eigenvalue weighted by atomic mass is 35.5. The number of aliphatic hydroxyl groups excluding tert-OH is 1. The van der Waals surface area contributed by atoms with Crippen molar-refractivity contribution >= 4 is 23.7 Å². The Kier molecular flexibility index (Phi) is 10.0. The number of halogens is 3. The number of aliphatic hydroxyl groups is 1. The number of hydrogen-bond donors (Lipinski definition) is 3. The van der Waals surface area contributed by atoms with Crippen LogP contribution >= 0.6 is 11.8 Å². The number of ether oxygens (including phenoxy) is 1. The molecule has 0 heterocycles. The van der Waals surface area contributed by atoms with Gasteiger partial charge in [-0.05, 0) is 29.3 Å². The summed E-state index contributed by atoms with van der Waals surface area (Å²) in [7, 11) is 0. The van der Waals surface area contributed by atoms with E-state index >= 15 is 0 Å². The number of nitrogens with one attached hydrogen (secondary N) is 2. The first kappa shape index (κ1) is 25.7. The summed E-state index contributed by atoms with van der Waals surface area (Å²) in [6.45, 7) is 1.65. The second-order valence-electron chi connectivity index (χ2n) is 7.38. The van der Waals surface area contributed by atoms with Crippen molar-refractivity contribution in [3.8, 4) is 0 Å². The molecule has 174 valence electrons. The Balaban J connectivity index is 2.15. The predicted molar refractivity (Wildman–Crippen MR) is 117 cm³/mol. The largest absolute Gasteiger partial charge is 0.459 e. The van der Waals surface area contributed by atoms with E-state index in [1.165, 1.54) is 0 Å². The lowest BCUT2D eigenvalue weighted by atomic mass is 9.99. The van der Waals surface area contributed by atoms with Crippen LogP contribution in [-0.4, -0.2) is 41.1 Å². The fourth-order valence-corrected chi connectivity index (χ4v) is 3.33. The molecule has 0 aliphatic carbocycles. The van der Waals surface area contributed by atoms with Gasteiger partial charge in [-0.2, -0.15) is 8.78 Å². The summed E-state index contributed by atoms with van der Waals surface area (Å²) >= 11 is 5.47. The van der Waals surface area contributed by atoms with E-state index in [-0.39, 0.29) is 19.4 Å². The van der Waals surface area contributed by atoms with Crippen LogP contribution in [0, 0.1) is 0 Å². The van der Waals surface area contributed by atoms with Crippen LogP contribution in [0.15, 0.2) is 60.7 Å². The maximum absolute atomic E-state index is 14.7. The third-order valence-electron chi connectivity index (χ3n) is 4.89. The van der Waals surface area contributed by atoms with Crippen molar-refractivity contribution in [3.63, 3.8) is 0 Å². The molecule has 3 atom stereocenters. The molecule has 32 heavy (non-hydrogen) atoms. The van der Waals surface area contributed by atoms with E-state index in [9.17, 15) is 23.5 Å². The van der Waals surface area contributed by atoms with Gasteiger partial charge in [-0.1, -0.05) is 74.0 Å². The first-order valence-electron chi connectivity index (χ1n) is 10.3. The third kappa shape index (κ3) is 7.25. The molecule has 0 saturated heterocycles. The van der Waals surface area contributed by atoms with Gasteiger partial charge in [0, 0.05) is 6.42 Å². The number of hydrogen-bond acceptors (Lipinski definition) is 5. The van der Waals surface area contributed by atoms with Crippen LogP contribution < -0.4 is 10.2 Å². The van der Waals surface area contributed by atoms with E-state index < -0.39 is 36.0 Å². The molecule has 0 bridgehead atoms. The monoisotopic (exact) mass is 468 g/mol. The number of alkyl halides is 2. The highest BCUT2D eigenvalue weighted by Gasteiger charge is 2.50. The molecule has 6 nitrogen and oxygen atoms in total. The minimum atomic E-state index is -4.18. The Morgan fingerprint density at radius 3 is 2.16 bits per heavy atom. The summed E-state index contributed by atoms with van der Waals surface area (Å²) in [5.74, 6) is -6.83. The second kappa shape index (κ2) is 12.5. The van der Waals surface area contributed by atoms with Gasteiger partial charge in [0.05, 0.1) is 6.04 Å². The van der Waals surface area contributed by atoms with Crippen LogP contribution in [0.1, 0.15) is 30.9 Å². The highest BCUT2D eigenvalue weighted by molar-refractivity contribution is 6.13. The minimum absolute atomic E-state index is 0.0570. The van der Waals surface area contributed by atoms with Gasteiger partial charge in [-0.25, -0.2) is 9.63 Å². The maximum atomic E-state index is 14.7. The van der Waals surface area contributed by atoms with E-state index in [1.54, 1.807) is 67.6 Å². The number of carbonyl (C=O) groups excluding carboxylic acids is 2. The molecule has 0 spiro atoms. The zero-order valence-corrected chi connectivity index (χ0v) is 18.4. The Hall–Kier alpha value is -2.55. The van der Waals surface area contributed by atoms with Gasteiger partial charge in [0.2, 0.25) is 0 Å². The molecule has 9 heteroatoms. The molecule has 1 amide bonds. The Labute approximate surface area is 191 Å². The van der Waals surface area contributed by atoms with Gasteiger partial charge >= 0.3 is 11.9 Å². The van der Waals surface area contributed by atoms with Gasteiger partial charge in [-0.3, -0.25) is 4.79 Å². The van der Waals surface area contributed by atoms with Gasteiger partial charge < -0.3 is 15.2 Å². The van der Waals surface area contributed by atoms with Crippen molar-refractivity contribution in [2.45, 2.75) is 56.9 Å². The summed E-state index contributed by atoms with van der Waals surface area (Å²) in [6, 6.07) is 14.9. The van der Waals surface area contributed by atoms with Crippen molar-refractivity contribution in [1.29, 1.82) is 0 Å². The van der Waals surface area contributed by atoms with Crippen molar-refractivity contribution in [1.82, 2.24) is 10.2 Å². The molecule has 3 N–H and O–H groups in total. The molecule has 0 aliphatic rings. The first-order chi connectivity index (χ1) is 15.3. The molecule has 2 aromatic rings. The number of esters is 1. The molecule has 0 radical (unpaired) electrons.